The van der Waals surface area contributed by atoms with Crippen LogP contribution in [-0.4, -0.2) is 19.7 Å². The molecule has 0 unspecified atom stereocenters. The number of thiazole rings is 1. The van der Waals surface area contributed by atoms with Crippen molar-refractivity contribution in [2.24, 2.45) is 0 Å². The second kappa shape index (κ2) is 3.03. The maximum absolute atomic E-state index is 11.3. The fraction of sp³-hybridized carbons (Fsp3) is 0.222. The summed E-state index contributed by atoms with van der Waals surface area (Å²) in [6.45, 7) is 1.91. The SMILES string of the molecule is Cc1nc2ccc(S(C)(=O)=O)cc2s1. The third-order valence-electron chi connectivity index (χ3n) is 1.89. The first-order chi connectivity index (χ1) is 6.47. The Bertz CT molecular complexity index is 584. The lowest BCUT2D eigenvalue weighted by molar-refractivity contribution is 0.602. The fourth-order valence-electron chi connectivity index (χ4n) is 1.25. The molecule has 0 radical (unpaired) electrons. The van der Waals surface area contributed by atoms with Crippen molar-refractivity contribution < 1.29 is 8.42 Å². The van der Waals surface area contributed by atoms with Gasteiger partial charge in [-0.3, -0.25) is 0 Å². The minimum Gasteiger partial charge on any atom is -0.242 e. The zero-order valence-electron chi connectivity index (χ0n) is 7.81. The monoisotopic (exact) mass is 227 g/mol. The Balaban J connectivity index is 2.74. The molecule has 0 saturated carbocycles. The summed E-state index contributed by atoms with van der Waals surface area (Å²) in [5.41, 5.74) is 0.861. The van der Waals surface area contributed by atoms with Crippen molar-refractivity contribution in [3.63, 3.8) is 0 Å². The Morgan fingerprint density at radius 3 is 2.71 bits per heavy atom. The van der Waals surface area contributed by atoms with Crippen molar-refractivity contribution in [3.8, 4) is 0 Å². The first kappa shape index (κ1) is 9.61. The molecule has 0 atom stereocenters. The Kier molecular flexibility index (Phi) is 2.08. The molecule has 0 bridgehead atoms. The Labute approximate surface area is 86.3 Å². The first-order valence-electron chi connectivity index (χ1n) is 4.04. The summed E-state index contributed by atoms with van der Waals surface area (Å²) >= 11 is 1.51. The highest BCUT2D eigenvalue weighted by Crippen LogP contribution is 2.24. The van der Waals surface area contributed by atoms with Crippen LogP contribution in [0.25, 0.3) is 10.2 Å². The topological polar surface area (TPSA) is 47.0 Å². The average molecular weight is 227 g/mol. The number of aromatic nitrogens is 1. The smallest absolute Gasteiger partial charge is 0.175 e. The lowest BCUT2D eigenvalue weighted by Gasteiger charge is -1.96. The minimum atomic E-state index is -3.11. The molecular formula is C9H9NO2S2. The zero-order valence-corrected chi connectivity index (χ0v) is 9.45. The highest BCUT2D eigenvalue weighted by Gasteiger charge is 2.09. The molecule has 0 spiro atoms. The Morgan fingerprint density at radius 2 is 2.07 bits per heavy atom. The summed E-state index contributed by atoms with van der Waals surface area (Å²) < 4.78 is 23.5. The Hall–Kier alpha value is -0.940. The molecule has 0 saturated heterocycles. The van der Waals surface area contributed by atoms with Gasteiger partial charge in [-0.15, -0.1) is 11.3 Å². The van der Waals surface area contributed by atoms with Crippen molar-refractivity contribution in [3.05, 3.63) is 23.2 Å². The van der Waals surface area contributed by atoms with Crippen LogP contribution in [0, 0.1) is 6.92 Å². The summed E-state index contributed by atoms with van der Waals surface area (Å²) in [5, 5.41) is 0.950. The number of fused-ring (bicyclic) bond motifs is 1. The fourth-order valence-corrected chi connectivity index (χ4v) is 2.84. The van der Waals surface area contributed by atoms with Crippen LogP contribution < -0.4 is 0 Å². The average Bonchev–Trinajstić information content (AvgIpc) is 2.41. The van der Waals surface area contributed by atoms with Gasteiger partial charge in [-0.2, -0.15) is 0 Å². The van der Waals surface area contributed by atoms with Crippen LogP contribution in [0.3, 0.4) is 0 Å². The molecule has 0 aliphatic carbocycles. The molecule has 0 aliphatic rings. The van der Waals surface area contributed by atoms with E-state index in [4.69, 9.17) is 0 Å². The number of aryl methyl sites for hydroxylation is 1. The predicted octanol–water partition coefficient (Wildman–Crippen LogP) is 2.01. The van der Waals surface area contributed by atoms with E-state index in [2.05, 4.69) is 4.98 Å². The van der Waals surface area contributed by atoms with Crippen LogP contribution >= 0.6 is 11.3 Å². The van der Waals surface area contributed by atoms with Crippen molar-refractivity contribution in [2.75, 3.05) is 6.26 Å². The minimum absolute atomic E-state index is 0.355. The molecule has 74 valence electrons. The molecule has 0 amide bonds. The van der Waals surface area contributed by atoms with Crippen molar-refractivity contribution in [1.82, 2.24) is 4.98 Å². The van der Waals surface area contributed by atoms with Gasteiger partial charge in [0.15, 0.2) is 9.84 Å². The molecule has 0 fully saturated rings. The number of rotatable bonds is 1. The molecule has 2 aromatic rings. The largest absolute Gasteiger partial charge is 0.242 e. The molecule has 1 aromatic carbocycles. The predicted molar refractivity (Wildman–Crippen MR) is 57.5 cm³/mol. The van der Waals surface area contributed by atoms with E-state index in [9.17, 15) is 8.42 Å². The quantitative estimate of drug-likeness (QED) is 0.748. The number of nitrogens with zero attached hydrogens (tertiary/aromatic N) is 1. The van der Waals surface area contributed by atoms with Gasteiger partial charge in [0.2, 0.25) is 0 Å². The van der Waals surface area contributed by atoms with Crippen molar-refractivity contribution >= 4 is 31.4 Å². The van der Waals surface area contributed by atoms with E-state index in [1.807, 2.05) is 6.92 Å². The van der Waals surface area contributed by atoms with Gasteiger partial charge in [0.25, 0.3) is 0 Å². The van der Waals surface area contributed by atoms with Crippen molar-refractivity contribution in [1.29, 1.82) is 0 Å². The van der Waals surface area contributed by atoms with E-state index in [-0.39, 0.29) is 0 Å². The van der Waals surface area contributed by atoms with Crippen LogP contribution in [0.2, 0.25) is 0 Å². The highest BCUT2D eigenvalue weighted by atomic mass is 32.2. The van der Waals surface area contributed by atoms with E-state index in [1.165, 1.54) is 17.6 Å². The molecule has 0 aliphatic heterocycles. The second-order valence-electron chi connectivity index (χ2n) is 3.13. The van der Waals surface area contributed by atoms with Gasteiger partial charge in [-0.25, -0.2) is 13.4 Å². The summed E-state index contributed by atoms with van der Waals surface area (Å²) in [4.78, 5) is 4.62. The number of sulfone groups is 1. The van der Waals surface area contributed by atoms with E-state index in [1.54, 1.807) is 18.2 Å². The van der Waals surface area contributed by atoms with E-state index in [0.29, 0.717) is 4.90 Å². The number of benzene rings is 1. The first-order valence-corrected chi connectivity index (χ1v) is 6.75. The number of hydrogen-bond donors (Lipinski definition) is 0. The lowest BCUT2D eigenvalue weighted by Crippen LogP contribution is -1.95. The molecule has 1 heterocycles. The third-order valence-corrected chi connectivity index (χ3v) is 3.94. The van der Waals surface area contributed by atoms with Crippen LogP contribution in [0.15, 0.2) is 23.1 Å². The zero-order chi connectivity index (χ0) is 10.3. The van der Waals surface area contributed by atoms with Crippen LogP contribution in [0.1, 0.15) is 5.01 Å². The van der Waals surface area contributed by atoms with Gasteiger partial charge < -0.3 is 0 Å². The summed E-state index contributed by atoms with van der Waals surface area (Å²) in [6, 6.07) is 5.02. The van der Waals surface area contributed by atoms with Crippen LogP contribution in [0.4, 0.5) is 0 Å². The molecule has 3 nitrogen and oxygen atoms in total. The molecule has 0 N–H and O–H groups in total. The van der Waals surface area contributed by atoms with Crippen molar-refractivity contribution in [2.45, 2.75) is 11.8 Å². The molecule has 1 aromatic heterocycles. The van der Waals surface area contributed by atoms with E-state index >= 15 is 0 Å². The molecule has 14 heavy (non-hydrogen) atoms. The van der Waals surface area contributed by atoms with Gasteiger partial charge >= 0.3 is 0 Å². The van der Waals surface area contributed by atoms with Gasteiger partial charge in [-0.1, -0.05) is 0 Å². The summed E-state index contributed by atoms with van der Waals surface area (Å²) in [5.74, 6) is 0. The second-order valence-corrected chi connectivity index (χ2v) is 6.39. The van der Waals surface area contributed by atoms with E-state index in [0.717, 1.165) is 15.2 Å². The van der Waals surface area contributed by atoms with Gasteiger partial charge in [0, 0.05) is 6.26 Å². The maximum atomic E-state index is 11.3. The normalized spacial score (nSPS) is 12.1. The number of hydrogen-bond acceptors (Lipinski definition) is 4. The standard InChI is InChI=1S/C9H9NO2S2/c1-6-10-8-4-3-7(14(2,11)12)5-9(8)13-6/h3-5H,1-2H3. The van der Waals surface area contributed by atoms with Crippen LogP contribution in [0.5, 0.6) is 0 Å². The maximum Gasteiger partial charge on any atom is 0.175 e. The molecular weight excluding hydrogens is 218 g/mol. The third kappa shape index (κ3) is 1.65. The van der Waals surface area contributed by atoms with Gasteiger partial charge in [0.1, 0.15) is 0 Å². The summed E-state index contributed by atoms with van der Waals surface area (Å²) in [7, 11) is -3.11. The highest BCUT2D eigenvalue weighted by molar-refractivity contribution is 7.90. The Morgan fingerprint density at radius 1 is 1.36 bits per heavy atom. The van der Waals surface area contributed by atoms with Gasteiger partial charge in [-0.05, 0) is 25.1 Å². The van der Waals surface area contributed by atoms with E-state index < -0.39 is 9.84 Å². The molecule has 2 rings (SSSR count). The molecule has 5 heteroatoms. The summed E-state index contributed by atoms with van der Waals surface area (Å²) in [6.07, 6.45) is 1.21. The van der Waals surface area contributed by atoms with Gasteiger partial charge in [0.05, 0.1) is 20.1 Å². The lowest BCUT2D eigenvalue weighted by atomic mass is 10.3. The van der Waals surface area contributed by atoms with Crippen LogP contribution in [-0.2, 0) is 9.84 Å².